The Balaban J connectivity index is 1.70. The van der Waals surface area contributed by atoms with Crippen molar-refractivity contribution in [2.75, 3.05) is 0 Å². The van der Waals surface area contributed by atoms with Gasteiger partial charge in [-0.3, -0.25) is 4.98 Å². The van der Waals surface area contributed by atoms with Gasteiger partial charge in [-0.1, -0.05) is 51.1 Å². The second kappa shape index (κ2) is 9.84. The zero-order chi connectivity index (χ0) is 26.2. The number of pyridine rings is 2. The van der Waals surface area contributed by atoms with Crippen LogP contribution in [0.3, 0.4) is 0 Å². The predicted octanol–water partition coefficient (Wildman–Crippen LogP) is 7.59. The van der Waals surface area contributed by atoms with Crippen LogP contribution in [0.2, 0.25) is 39.3 Å². The third kappa shape index (κ3) is 5.81. The molecule has 0 bridgehead atoms. The van der Waals surface area contributed by atoms with Gasteiger partial charge in [0.15, 0.2) is 5.52 Å². The normalized spacial score (nSPS) is 11.6. The molecule has 0 atom stereocenters. The summed E-state index contributed by atoms with van der Waals surface area (Å²) in [6, 6.07) is 12.2. The van der Waals surface area contributed by atoms with Gasteiger partial charge in [-0.05, 0) is 46.7 Å². The van der Waals surface area contributed by atoms with E-state index in [1.165, 1.54) is 0 Å². The number of nitrogens with zero attached hydrogens (tertiary/aromatic N) is 4. The van der Waals surface area contributed by atoms with E-state index >= 15 is 0 Å². The van der Waals surface area contributed by atoms with E-state index in [0.29, 0.717) is 11.0 Å². The summed E-state index contributed by atoms with van der Waals surface area (Å²) in [7, 11) is -2.96. The van der Waals surface area contributed by atoms with E-state index in [1.807, 2.05) is 12.1 Å². The van der Waals surface area contributed by atoms with Crippen molar-refractivity contribution < 1.29 is 4.63 Å². The van der Waals surface area contributed by atoms with Gasteiger partial charge in [0.05, 0.1) is 20.3 Å². The number of aromatic nitrogens is 4. The van der Waals surface area contributed by atoms with Crippen molar-refractivity contribution in [2.24, 2.45) is 0 Å². The zero-order valence-corrected chi connectivity index (χ0v) is 25.3. The van der Waals surface area contributed by atoms with E-state index in [2.05, 4.69) is 102 Å². The molecule has 184 valence electrons. The fourth-order valence-corrected chi connectivity index (χ4v) is 6.49. The molecule has 0 aliphatic carbocycles. The van der Waals surface area contributed by atoms with Crippen molar-refractivity contribution >= 4 is 49.9 Å². The molecular weight excluding hydrogens is 529 g/mol. The molecule has 0 unspecified atom stereocenters. The van der Waals surface area contributed by atoms with Crippen LogP contribution in [-0.4, -0.2) is 36.4 Å². The highest BCUT2D eigenvalue weighted by atomic mass is 32.1. The molecule has 0 fully saturated rings. The predicted molar refractivity (Wildman–Crippen MR) is 160 cm³/mol. The average molecular weight is 555 g/mol. The lowest BCUT2D eigenvalue weighted by Gasteiger charge is -2.10. The first-order chi connectivity index (χ1) is 17.6. The minimum atomic E-state index is -1.48. The molecule has 0 aromatic carbocycles. The molecule has 5 aromatic heterocycles. The van der Waals surface area contributed by atoms with Crippen LogP contribution >= 0.6 is 22.7 Å². The van der Waals surface area contributed by atoms with Crippen molar-refractivity contribution in [1.29, 1.82) is 0 Å². The van der Waals surface area contributed by atoms with Gasteiger partial charge in [-0.2, -0.15) is 0 Å². The number of fused-ring (bicyclic) bond motifs is 1. The lowest BCUT2D eigenvalue weighted by atomic mass is 10.0. The summed E-state index contributed by atoms with van der Waals surface area (Å²) in [4.78, 5) is 13.4. The Morgan fingerprint density at radius 3 is 1.86 bits per heavy atom. The summed E-state index contributed by atoms with van der Waals surface area (Å²) in [5.41, 5.74) is 11.6. The maximum absolute atomic E-state index is 5.29. The summed E-state index contributed by atoms with van der Waals surface area (Å²) in [6.07, 6.45) is 3.56. The van der Waals surface area contributed by atoms with Crippen LogP contribution in [0.15, 0.2) is 53.4 Å². The van der Waals surface area contributed by atoms with Crippen LogP contribution in [0.25, 0.3) is 43.3 Å². The average Bonchev–Trinajstić information content (AvgIpc) is 3.61. The first-order valence-corrected chi connectivity index (χ1v) is 20.5. The molecular formula is C28H26N4OS2Si2. The highest BCUT2D eigenvalue weighted by molar-refractivity contribution is 7.16. The highest BCUT2D eigenvalue weighted by Crippen LogP contribution is 2.42. The lowest BCUT2D eigenvalue weighted by Crippen LogP contribution is -2.16. The summed E-state index contributed by atoms with van der Waals surface area (Å²) < 4.78 is 5.29. The fourth-order valence-electron chi connectivity index (χ4n) is 3.53. The molecule has 0 radical (unpaired) electrons. The molecule has 0 saturated carbocycles. The molecule has 37 heavy (non-hydrogen) atoms. The van der Waals surface area contributed by atoms with Gasteiger partial charge in [0, 0.05) is 28.4 Å². The Bertz CT molecular complexity index is 1720. The molecule has 0 aliphatic rings. The van der Waals surface area contributed by atoms with Crippen molar-refractivity contribution in [2.45, 2.75) is 39.3 Å². The van der Waals surface area contributed by atoms with E-state index in [9.17, 15) is 0 Å². The van der Waals surface area contributed by atoms with Crippen LogP contribution < -0.4 is 0 Å². The Labute approximate surface area is 227 Å². The number of thiophene rings is 2. The van der Waals surface area contributed by atoms with E-state index in [-0.39, 0.29) is 0 Å². The second-order valence-electron chi connectivity index (χ2n) is 10.7. The van der Waals surface area contributed by atoms with Crippen molar-refractivity contribution in [1.82, 2.24) is 20.3 Å². The van der Waals surface area contributed by atoms with Crippen LogP contribution in [0.1, 0.15) is 9.75 Å². The van der Waals surface area contributed by atoms with E-state index in [1.54, 1.807) is 35.1 Å². The first kappa shape index (κ1) is 25.3. The van der Waals surface area contributed by atoms with Crippen LogP contribution in [0.5, 0.6) is 0 Å². The third-order valence-electron chi connectivity index (χ3n) is 5.18. The van der Waals surface area contributed by atoms with E-state index in [0.717, 1.165) is 42.0 Å². The molecule has 5 nitrogen and oxygen atoms in total. The molecule has 0 aliphatic heterocycles. The van der Waals surface area contributed by atoms with Crippen molar-refractivity contribution in [3.63, 3.8) is 0 Å². The van der Waals surface area contributed by atoms with Gasteiger partial charge in [-0.25, -0.2) is 9.61 Å². The van der Waals surface area contributed by atoms with Crippen LogP contribution in [0, 0.1) is 22.9 Å². The van der Waals surface area contributed by atoms with Gasteiger partial charge in [-0.15, -0.1) is 33.8 Å². The van der Waals surface area contributed by atoms with Gasteiger partial charge in [0.1, 0.15) is 27.4 Å². The third-order valence-corrected chi connectivity index (χ3v) is 8.95. The van der Waals surface area contributed by atoms with Gasteiger partial charge in [0.2, 0.25) is 0 Å². The number of hydrogen-bond acceptors (Lipinski definition) is 7. The molecule has 0 amide bonds. The van der Waals surface area contributed by atoms with Crippen molar-refractivity contribution in [3.05, 3.63) is 58.5 Å². The van der Waals surface area contributed by atoms with E-state index < -0.39 is 16.1 Å². The van der Waals surface area contributed by atoms with Crippen molar-refractivity contribution in [3.8, 4) is 55.2 Å². The standard InChI is InChI=1S/C28H26N4OS2Si2/c1-36(2,3)17-13-20-7-9-22(34-20)24-25(19-11-15-29-16-12-19)30-26(28-27(24)31-33-32-28)23-10-8-21(35-23)14-18-37(4,5)6/h7-12,15-16H,1-6H3. The molecule has 0 spiro atoms. The topological polar surface area (TPSA) is 64.7 Å². The number of hydrogen-bond donors (Lipinski definition) is 0. The monoisotopic (exact) mass is 554 g/mol. The second-order valence-corrected chi connectivity index (χ2v) is 22.4. The minimum Gasteiger partial charge on any atom is -0.265 e. The number of rotatable bonds is 3. The maximum atomic E-state index is 5.29. The first-order valence-electron chi connectivity index (χ1n) is 11.9. The molecule has 9 heteroatoms. The highest BCUT2D eigenvalue weighted by Gasteiger charge is 2.24. The quantitative estimate of drug-likeness (QED) is 0.170. The van der Waals surface area contributed by atoms with Gasteiger partial charge in [0.25, 0.3) is 0 Å². The van der Waals surface area contributed by atoms with E-state index in [4.69, 9.17) is 9.61 Å². The Morgan fingerprint density at radius 1 is 0.676 bits per heavy atom. The molecule has 5 rings (SSSR count). The summed E-state index contributed by atoms with van der Waals surface area (Å²) >= 11 is 3.26. The molecule has 0 saturated heterocycles. The summed E-state index contributed by atoms with van der Waals surface area (Å²) in [5, 5.41) is 8.64. The minimum absolute atomic E-state index is 0.641. The molecule has 5 aromatic rings. The van der Waals surface area contributed by atoms with Crippen LogP contribution in [0.4, 0.5) is 0 Å². The Morgan fingerprint density at radius 2 is 1.24 bits per heavy atom. The fraction of sp³-hybridized carbons (Fsp3) is 0.214. The maximum Gasteiger partial charge on any atom is 0.163 e. The lowest BCUT2D eigenvalue weighted by molar-refractivity contribution is 0.315. The Kier molecular flexibility index (Phi) is 6.73. The van der Waals surface area contributed by atoms with Gasteiger partial charge < -0.3 is 0 Å². The summed E-state index contributed by atoms with van der Waals surface area (Å²) in [5.74, 6) is 6.72. The SMILES string of the molecule is C[Si](C)(C)C#Cc1ccc(-c2nc(-c3ccncc3)c(-c3ccc(C#C[Si](C)(C)C)s3)c3nonc23)s1. The smallest absolute Gasteiger partial charge is 0.163 e. The Hall–Kier alpha value is -3.35. The largest absolute Gasteiger partial charge is 0.265 e. The van der Waals surface area contributed by atoms with Gasteiger partial charge >= 0.3 is 0 Å². The molecule has 0 N–H and O–H groups in total. The summed E-state index contributed by atoms with van der Waals surface area (Å²) in [6.45, 7) is 13.5. The zero-order valence-electron chi connectivity index (χ0n) is 21.6. The van der Waals surface area contributed by atoms with Crippen LogP contribution in [-0.2, 0) is 0 Å². The molecule has 5 heterocycles.